The van der Waals surface area contributed by atoms with E-state index in [1.165, 1.54) is 0 Å². The SMILES string of the molecule is CC(C(=O)O)C1CN(C(=O)Nc2ccccc2N(C)C)C1. The summed E-state index contributed by atoms with van der Waals surface area (Å²) >= 11 is 0. The summed E-state index contributed by atoms with van der Waals surface area (Å²) in [5, 5.41) is 11.8. The molecule has 6 heteroatoms. The maximum absolute atomic E-state index is 12.2. The quantitative estimate of drug-likeness (QED) is 0.889. The van der Waals surface area contributed by atoms with Crippen molar-refractivity contribution in [3.8, 4) is 0 Å². The Kier molecular flexibility index (Phi) is 4.35. The molecule has 1 fully saturated rings. The number of likely N-dealkylation sites (tertiary alicyclic amines) is 1. The monoisotopic (exact) mass is 291 g/mol. The van der Waals surface area contributed by atoms with E-state index < -0.39 is 11.9 Å². The minimum Gasteiger partial charge on any atom is -0.481 e. The van der Waals surface area contributed by atoms with Crippen molar-refractivity contribution in [3.63, 3.8) is 0 Å². The highest BCUT2D eigenvalue weighted by Crippen LogP contribution is 2.27. The van der Waals surface area contributed by atoms with Crippen LogP contribution in [0.25, 0.3) is 0 Å². The molecule has 0 spiro atoms. The zero-order chi connectivity index (χ0) is 15.6. The van der Waals surface area contributed by atoms with Crippen LogP contribution < -0.4 is 10.2 Å². The van der Waals surface area contributed by atoms with E-state index in [1.54, 1.807) is 11.8 Å². The Morgan fingerprint density at radius 3 is 2.52 bits per heavy atom. The van der Waals surface area contributed by atoms with Crippen molar-refractivity contribution < 1.29 is 14.7 Å². The maximum atomic E-state index is 12.2. The van der Waals surface area contributed by atoms with Gasteiger partial charge in [-0.15, -0.1) is 0 Å². The number of carbonyl (C=O) groups is 2. The molecule has 0 aromatic heterocycles. The Morgan fingerprint density at radius 1 is 1.33 bits per heavy atom. The molecule has 1 unspecified atom stereocenters. The number of carboxylic acids is 1. The second-order valence-electron chi connectivity index (χ2n) is 5.63. The highest BCUT2D eigenvalue weighted by atomic mass is 16.4. The van der Waals surface area contributed by atoms with Crippen LogP contribution in [0.1, 0.15) is 6.92 Å². The van der Waals surface area contributed by atoms with E-state index >= 15 is 0 Å². The molecule has 0 saturated carbocycles. The summed E-state index contributed by atoms with van der Waals surface area (Å²) < 4.78 is 0. The van der Waals surface area contributed by atoms with Gasteiger partial charge in [0.2, 0.25) is 0 Å². The number of aliphatic carboxylic acids is 1. The molecule has 0 bridgehead atoms. The van der Waals surface area contributed by atoms with E-state index in [0.29, 0.717) is 13.1 Å². The van der Waals surface area contributed by atoms with Gasteiger partial charge in [0.05, 0.1) is 17.3 Å². The summed E-state index contributed by atoms with van der Waals surface area (Å²) in [7, 11) is 3.83. The number of urea groups is 1. The third-order valence-electron chi connectivity index (χ3n) is 3.92. The van der Waals surface area contributed by atoms with Gasteiger partial charge in [-0.25, -0.2) is 4.79 Å². The molecule has 0 aliphatic carbocycles. The second kappa shape index (κ2) is 6.03. The first-order valence-corrected chi connectivity index (χ1v) is 6.95. The summed E-state index contributed by atoms with van der Waals surface area (Å²) in [6.45, 7) is 2.66. The van der Waals surface area contributed by atoms with Gasteiger partial charge >= 0.3 is 12.0 Å². The molecule has 114 valence electrons. The van der Waals surface area contributed by atoms with Crippen molar-refractivity contribution >= 4 is 23.4 Å². The molecule has 2 amide bonds. The van der Waals surface area contributed by atoms with Crippen molar-refractivity contribution in [3.05, 3.63) is 24.3 Å². The molecule has 2 N–H and O–H groups in total. The molecule has 1 atom stereocenters. The molecule has 1 aliphatic heterocycles. The summed E-state index contributed by atoms with van der Waals surface area (Å²) in [5.41, 5.74) is 1.68. The largest absolute Gasteiger partial charge is 0.481 e. The number of hydrogen-bond acceptors (Lipinski definition) is 3. The predicted octanol–water partition coefficient (Wildman–Crippen LogP) is 1.94. The molecular weight excluding hydrogens is 270 g/mol. The third kappa shape index (κ3) is 3.26. The first-order valence-electron chi connectivity index (χ1n) is 6.95. The fourth-order valence-corrected chi connectivity index (χ4v) is 2.36. The number of nitrogens with one attached hydrogen (secondary N) is 1. The summed E-state index contributed by atoms with van der Waals surface area (Å²) in [4.78, 5) is 26.6. The first kappa shape index (κ1) is 15.2. The van der Waals surface area contributed by atoms with Crippen LogP contribution in [0, 0.1) is 11.8 Å². The molecule has 0 radical (unpaired) electrons. The fourth-order valence-electron chi connectivity index (χ4n) is 2.36. The lowest BCUT2D eigenvalue weighted by molar-refractivity contribution is -0.144. The lowest BCUT2D eigenvalue weighted by Gasteiger charge is -2.41. The van der Waals surface area contributed by atoms with Crippen molar-refractivity contribution in [2.45, 2.75) is 6.92 Å². The molecule has 6 nitrogen and oxygen atoms in total. The number of carbonyl (C=O) groups excluding carboxylic acids is 1. The van der Waals surface area contributed by atoms with E-state index in [1.807, 2.05) is 43.3 Å². The number of carboxylic acid groups (broad SMARTS) is 1. The zero-order valence-electron chi connectivity index (χ0n) is 12.5. The molecular formula is C15H21N3O3. The number of anilines is 2. The molecule has 21 heavy (non-hydrogen) atoms. The van der Waals surface area contributed by atoms with Gasteiger partial charge in [-0.2, -0.15) is 0 Å². The van der Waals surface area contributed by atoms with E-state index in [4.69, 9.17) is 5.11 Å². The van der Waals surface area contributed by atoms with E-state index in [9.17, 15) is 9.59 Å². The Bertz CT molecular complexity index is 539. The lowest BCUT2D eigenvalue weighted by atomic mass is 9.87. The van der Waals surface area contributed by atoms with Crippen LogP contribution >= 0.6 is 0 Å². The zero-order valence-corrected chi connectivity index (χ0v) is 12.5. The van der Waals surface area contributed by atoms with Crippen LogP contribution in [-0.2, 0) is 4.79 Å². The van der Waals surface area contributed by atoms with Crippen LogP contribution in [0.2, 0.25) is 0 Å². The minimum absolute atomic E-state index is 0.0392. The highest BCUT2D eigenvalue weighted by Gasteiger charge is 2.37. The van der Waals surface area contributed by atoms with Crippen molar-refractivity contribution in [1.82, 2.24) is 4.90 Å². The average molecular weight is 291 g/mol. The van der Waals surface area contributed by atoms with E-state index in [0.717, 1.165) is 11.4 Å². The Labute approximate surface area is 124 Å². The number of para-hydroxylation sites is 2. The van der Waals surface area contributed by atoms with E-state index in [2.05, 4.69) is 5.32 Å². The Hall–Kier alpha value is -2.24. The van der Waals surface area contributed by atoms with Crippen LogP contribution in [0.3, 0.4) is 0 Å². The number of benzene rings is 1. The average Bonchev–Trinajstić information content (AvgIpc) is 2.36. The maximum Gasteiger partial charge on any atom is 0.321 e. The van der Waals surface area contributed by atoms with Gasteiger partial charge in [0.15, 0.2) is 0 Å². The van der Waals surface area contributed by atoms with Gasteiger partial charge in [0, 0.05) is 33.1 Å². The van der Waals surface area contributed by atoms with Crippen LogP contribution in [-0.4, -0.2) is 49.2 Å². The third-order valence-corrected chi connectivity index (χ3v) is 3.92. The number of amides is 2. The topological polar surface area (TPSA) is 72.9 Å². The van der Waals surface area contributed by atoms with Gasteiger partial charge < -0.3 is 20.2 Å². The normalized spacial score (nSPS) is 16.0. The summed E-state index contributed by atoms with van der Waals surface area (Å²) in [6.07, 6.45) is 0. The van der Waals surface area contributed by atoms with Crippen LogP contribution in [0.4, 0.5) is 16.2 Å². The smallest absolute Gasteiger partial charge is 0.321 e. The van der Waals surface area contributed by atoms with Gasteiger partial charge in [-0.05, 0) is 12.1 Å². The van der Waals surface area contributed by atoms with Gasteiger partial charge in [0.25, 0.3) is 0 Å². The molecule has 1 aliphatic rings. The highest BCUT2D eigenvalue weighted by molar-refractivity contribution is 5.93. The van der Waals surface area contributed by atoms with Crippen molar-refractivity contribution in [2.75, 3.05) is 37.4 Å². The summed E-state index contributed by atoms with van der Waals surface area (Å²) in [6, 6.07) is 7.39. The standard InChI is InChI=1S/C15H21N3O3/c1-10(14(19)20)11-8-18(9-11)15(21)16-12-6-4-5-7-13(12)17(2)3/h4-7,10-11H,8-9H2,1-3H3,(H,16,21)(H,19,20). The lowest BCUT2D eigenvalue weighted by Crippen LogP contribution is -2.54. The summed E-state index contributed by atoms with van der Waals surface area (Å²) in [5.74, 6) is -1.18. The van der Waals surface area contributed by atoms with Crippen LogP contribution in [0.5, 0.6) is 0 Å². The molecule has 1 heterocycles. The van der Waals surface area contributed by atoms with Gasteiger partial charge in [-0.3, -0.25) is 4.79 Å². The Balaban J connectivity index is 1.94. The van der Waals surface area contributed by atoms with Gasteiger partial charge in [-0.1, -0.05) is 19.1 Å². The number of rotatable bonds is 4. The Morgan fingerprint density at radius 2 is 1.95 bits per heavy atom. The molecule has 1 aromatic carbocycles. The van der Waals surface area contributed by atoms with Crippen molar-refractivity contribution in [1.29, 1.82) is 0 Å². The van der Waals surface area contributed by atoms with Crippen molar-refractivity contribution in [2.24, 2.45) is 11.8 Å². The van der Waals surface area contributed by atoms with E-state index in [-0.39, 0.29) is 11.9 Å². The number of hydrogen-bond donors (Lipinski definition) is 2. The molecule has 1 saturated heterocycles. The number of nitrogens with zero attached hydrogens (tertiary/aromatic N) is 2. The fraction of sp³-hybridized carbons (Fsp3) is 0.467. The van der Waals surface area contributed by atoms with Gasteiger partial charge in [0.1, 0.15) is 0 Å². The predicted molar refractivity (Wildman–Crippen MR) is 81.7 cm³/mol. The molecule has 2 rings (SSSR count). The van der Waals surface area contributed by atoms with Crippen LogP contribution in [0.15, 0.2) is 24.3 Å². The first-order chi connectivity index (χ1) is 9.90. The minimum atomic E-state index is -0.807. The molecule has 1 aromatic rings. The second-order valence-corrected chi connectivity index (χ2v) is 5.63.